The molecule has 1 aliphatic rings. The number of hydrogen-bond acceptors (Lipinski definition) is 2. The first-order chi connectivity index (χ1) is 5.57. The predicted molar refractivity (Wildman–Crippen MR) is 42.5 cm³/mol. The van der Waals surface area contributed by atoms with Crippen molar-refractivity contribution in [3.8, 4) is 0 Å². The molecule has 1 fully saturated rings. The molecular formula is C8H13NO3. The largest absolute Gasteiger partial charge is 0.481 e. The zero-order valence-electron chi connectivity index (χ0n) is 7.20. The molecule has 12 heavy (non-hydrogen) atoms. The maximum Gasteiger partial charge on any atom is 0.308 e. The van der Waals surface area contributed by atoms with E-state index in [1.807, 2.05) is 6.92 Å². The van der Waals surface area contributed by atoms with Crippen molar-refractivity contribution in [2.75, 3.05) is 0 Å². The van der Waals surface area contributed by atoms with Crippen LogP contribution in [0.2, 0.25) is 0 Å². The van der Waals surface area contributed by atoms with Gasteiger partial charge in [-0.2, -0.15) is 0 Å². The maximum absolute atomic E-state index is 10.9. The summed E-state index contributed by atoms with van der Waals surface area (Å²) in [6.45, 7) is 3.51. The van der Waals surface area contributed by atoms with Crippen LogP contribution in [0.25, 0.3) is 0 Å². The highest BCUT2D eigenvalue weighted by Crippen LogP contribution is 2.24. The van der Waals surface area contributed by atoms with E-state index >= 15 is 0 Å². The summed E-state index contributed by atoms with van der Waals surface area (Å²) in [6.07, 6.45) is 0.716. The third-order valence-electron chi connectivity index (χ3n) is 2.45. The lowest BCUT2D eigenvalue weighted by molar-refractivity contribution is -0.148. The molecule has 1 aliphatic heterocycles. The summed E-state index contributed by atoms with van der Waals surface area (Å²) in [5, 5.41) is 11.3. The first-order valence-corrected chi connectivity index (χ1v) is 4.11. The van der Waals surface area contributed by atoms with Gasteiger partial charge in [0.1, 0.15) is 0 Å². The number of aliphatic carboxylic acids is 1. The molecule has 4 heteroatoms. The van der Waals surface area contributed by atoms with Crippen LogP contribution in [0.5, 0.6) is 0 Å². The van der Waals surface area contributed by atoms with Gasteiger partial charge in [-0.05, 0) is 13.3 Å². The molecule has 0 bridgehead atoms. The Labute approximate surface area is 71.0 Å². The van der Waals surface area contributed by atoms with Crippen LogP contribution in [0, 0.1) is 11.8 Å². The SMILES string of the molecule is CC[C@H]1C(=O)N[C@@H]1C(C)C(=O)O. The Hall–Kier alpha value is -1.06. The summed E-state index contributed by atoms with van der Waals surface area (Å²) in [5.41, 5.74) is 0. The minimum atomic E-state index is -0.849. The van der Waals surface area contributed by atoms with Crippen molar-refractivity contribution < 1.29 is 14.7 Å². The number of rotatable bonds is 3. The van der Waals surface area contributed by atoms with E-state index in [4.69, 9.17) is 5.11 Å². The van der Waals surface area contributed by atoms with E-state index in [0.717, 1.165) is 0 Å². The van der Waals surface area contributed by atoms with Crippen LogP contribution in [0.3, 0.4) is 0 Å². The van der Waals surface area contributed by atoms with Gasteiger partial charge in [0.2, 0.25) is 5.91 Å². The van der Waals surface area contributed by atoms with Crippen molar-refractivity contribution in [2.24, 2.45) is 11.8 Å². The fourth-order valence-corrected chi connectivity index (χ4v) is 1.51. The van der Waals surface area contributed by atoms with Gasteiger partial charge >= 0.3 is 5.97 Å². The Morgan fingerprint density at radius 3 is 2.67 bits per heavy atom. The number of carbonyl (C=O) groups is 2. The number of carbonyl (C=O) groups excluding carboxylic acids is 1. The van der Waals surface area contributed by atoms with Crippen molar-refractivity contribution in [1.82, 2.24) is 5.32 Å². The van der Waals surface area contributed by atoms with Crippen LogP contribution in [0.1, 0.15) is 20.3 Å². The summed E-state index contributed by atoms with van der Waals surface area (Å²) in [6, 6.07) is -0.167. The van der Waals surface area contributed by atoms with E-state index in [1.165, 1.54) is 0 Å². The topological polar surface area (TPSA) is 66.4 Å². The second-order valence-corrected chi connectivity index (χ2v) is 3.18. The zero-order valence-corrected chi connectivity index (χ0v) is 7.20. The second kappa shape index (κ2) is 3.13. The lowest BCUT2D eigenvalue weighted by atomic mass is 9.80. The van der Waals surface area contributed by atoms with Crippen LogP contribution in [-0.2, 0) is 9.59 Å². The fourth-order valence-electron chi connectivity index (χ4n) is 1.51. The Balaban J connectivity index is 2.55. The van der Waals surface area contributed by atoms with E-state index in [-0.39, 0.29) is 17.9 Å². The molecule has 0 aromatic carbocycles. The fraction of sp³-hybridized carbons (Fsp3) is 0.750. The molecule has 0 saturated carbocycles. The van der Waals surface area contributed by atoms with Crippen LogP contribution in [0.4, 0.5) is 0 Å². The first-order valence-electron chi connectivity index (χ1n) is 4.11. The minimum absolute atomic E-state index is 0.0180. The summed E-state index contributed by atoms with van der Waals surface area (Å²) in [5.74, 6) is -1.45. The van der Waals surface area contributed by atoms with Crippen LogP contribution in [-0.4, -0.2) is 23.0 Å². The van der Waals surface area contributed by atoms with Crippen LogP contribution < -0.4 is 5.32 Å². The highest BCUT2D eigenvalue weighted by atomic mass is 16.4. The molecule has 0 aromatic rings. The van der Waals surface area contributed by atoms with Crippen molar-refractivity contribution in [1.29, 1.82) is 0 Å². The molecule has 1 heterocycles. The van der Waals surface area contributed by atoms with E-state index in [0.29, 0.717) is 6.42 Å². The molecular weight excluding hydrogens is 158 g/mol. The van der Waals surface area contributed by atoms with Crippen LogP contribution >= 0.6 is 0 Å². The zero-order chi connectivity index (χ0) is 9.30. The molecule has 68 valence electrons. The Kier molecular flexibility index (Phi) is 2.35. The molecule has 2 N–H and O–H groups in total. The molecule has 1 unspecified atom stereocenters. The monoisotopic (exact) mass is 171 g/mol. The number of β-lactam (4-membered cyclic amide) rings is 1. The van der Waals surface area contributed by atoms with Gasteiger partial charge in [-0.25, -0.2) is 0 Å². The predicted octanol–water partition coefficient (Wildman–Crippen LogP) is 0.232. The second-order valence-electron chi connectivity index (χ2n) is 3.18. The first kappa shape index (κ1) is 9.03. The van der Waals surface area contributed by atoms with E-state index in [9.17, 15) is 9.59 Å². The maximum atomic E-state index is 10.9. The lowest BCUT2D eigenvalue weighted by Gasteiger charge is -2.38. The van der Waals surface area contributed by atoms with Gasteiger partial charge < -0.3 is 10.4 Å². The summed E-state index contributed by atoms with van der Waals surface area (Å²) in [4.78, 5) is 21.4. The molecule has 0 aliphatic carbocycles. The van der Waals surface area contributed by atoms with E-state index < -0.39 is 11.9 Å². The molecule has 1 rings (SSSR count). The average Bonchev–Trinajstić information content (AvgIpc) is 1.99. The van der Waals surface area contributed by atoms with Crippen LogP contribution in [0.15, 0.2) is 0 Å². The number of carboxylic acids is 1. The molecule has 4 nitrogen and oxygen atoms in total. The standard InChI is InChI=1S/C8H13NO3/c1-3-5-6(9-7(5)10)4(2)8(11)12/h4-6H,3H2,1-2H3,(H,9,10)(H,11,12)/t4?,5-,6-/m1/s1. The average molecular weight is 171 g/mol. The van der Waals surface area contributed by atoms with E-state index in [2.05, 4.69) is 5.32 Å². The van der Waals surface area contributed by atoms with Gasteiger partial charge in [0.05, 0.1) is 17.9 Å². The minimum Gasteiger partial charge on any atom is -0.481 e. The van der Waals surface area contributed by atoms with Gasteiger partial charge in [0.15, 0.2) is 0 Å². The normalized spacial score (nSPS) is 30.3. The number of carboxylic acid groups (broad SMARTS) is 1. The number of nitrogens with one attached hydrogen (secondary N) is 1. The smallest absolute Gasteiger partial charge is 0.308 e. The van der Waals surface area contributed by atoms with Gasteiger partial charge in [0.25, 0.3) is 0 Å². The van der Waals surface area contributed by atoms with E-state index in [1.54, 1.807) is 6.92 Å². The number of hydrogen-bond donors (Lipinski definition) is 2. The third-order valence-corrected chi connectivity index (χ3v) is 2.45. The highest BCUT2D eigenvalue weighted by Gasteiger charge is 2.43. The van der Waals surface area contributed by atoms with Crippen molar-refractivity contribution in [3.63, 3.8) is 0 Å². The molecule has 3 atom stereocenters. The summed E-state index contributed by atoms with van der Waals surface area (Å²) >= 11 is 0. The Morgan fingerprint density at radius 2 is 2.33 bits per heavy atom. The van der Waals surface area contributed by atoms with Crippen molar-refractivity contribution in [2.45, 2.75) is 26.3 Å². The van der Waals surface area contributed by atoms with Gasteiger partial charge in [-0.15, -0.1) is 0 Å². The molecule has 1 saturated heterocycles. The van der Waals surface area contributed by atoms with Gasteiger partial charge in [-0.3, -0.25) is 9.59 Å². The molecule has 0 spiro atoms. The lowest BCUT2D eigenvalue weighted by Crippen LogP contribution is -2.61. The quantitative estimate of drug-likeness (QED) is 0.597. The van der Waals surface area contributed by atoms with Crippen molar-refractivity contribution in [3.05, 3.63) is 0 Å². The Morgan fingerprint density at radius 1 is 1.75 bits per heavy atom. The Bertz CT molecular complexity index is 204. The molecule has 0 aromatic heterocycles. The summed E-state index contributed by atoms with van der Waals surface area (Å²) in [7, 11) is 0. The number of amides is 1. The van der Waals surface area contributed by atoms with Crippen molar-refractivity contribution >= 4 is 11.9 Å². The highest BCUT2D eigenvalue weighted by molar-refractivity contribution is 5.88. The molecule has 0 radical (unpaired) electrons. The van der Waals surface area contributed by atoms with Gasteiger partial charge in [-0.1, -0.05) is 6.92 Å². The van der Waals surface area contributed by atoms with Gasteiger partial charge in [0, 0.05) is 0 Å². The third kappa shape index (κ3) is 1.29. The molecule has 1 amide bonds. The summed E-state index contributed by atoms with van der Waals surface area (Å²) < 4.78 is 0.